The van der Waals surface area contributed by atoms with Crippen LogP contribution < -0.4 is 5.32 Å². The van der Waals surface area contributed by atoms with Gasteiger partial charge in [-0.1, -0.05) is 31.2 Å². The molecular formula is C14H18N2OS. The molecule has 0 radical (unpaired) electrons. The topological polar surface area (TPSA) is 34.2 Å². The van der Waals surface area contributed by atoms with Crippen molar-refractivity contribution in [2.75, 3.05) is 13.7 Å². The predicted octanol–water partition coefficient (Wildman–Crippen LogP) is 3.07. The van der Waals surface area contributed by atoms with Crippen molar-refractivity contribution in [1.82, 2.24) is 10.3 Å². The van der Waals surface area contributed by atoms with E-state index in [2.05, 4.69) is 41.5 Å². The van der Waals surface area contributed by atoms with E-state index in [1.807, 2.05) is 6.20 Å². The molecule has 1 aromatic heterocycles. The summed E-state index contributed by atoms with van der Waals surface area (Å²) in [5.41, 5.74) is 2.35. The minimum absolute atomic E-state index is 0.657. The Labute approximate surface area is 112 Å². The monoisotopic (exact) mass is 262 g/mol. The molecule has 0 saturated heterocycles. The molecule has 96 valence electrons. The number of ether oxygens (including phenoxy) is 1. The van der Waals surface area contributed by atoms with E-state index < -0.39 is 0 Å². The summed E-state index contributed by atoms with van der Waals surface area (Å²) < 4.78 is 5.10. The van der Waals surface area contributed by atoms with Crippen molar-refractivity contribution >= 4 is 11.3 Å². The summed E-state index contributed by atoms with van der Waals surface area (Å²) in [5, 5.41) is 4.38. The van der Waals surface area contributed by atoms with E-state index in [1.54, 1.807) is 18.4 Å². The van der Waals surface area contributed by atoms with Gasteiger partial charge in [-0.2, -0.15) is 0 Å². The lowest BCUT2D eigenvalue weighted by Gasteiger charge is -2.00. The molecule has 0 bridgehead atoms. The fraction of sp³-hybridized carbons (Fsp3) is 0.357. The largest absolute Gasteiger partial charge is 0.380 e. The van der Waals surface area contributed by atoms with Crippen LogP contribution in [0.1, 0.15) is 17.4 Å². The van der Waals surface area contributed by atoms with Gasteiger partial charge in [0, 0.05) is 30.3 Å². The van der Waals surface area contributed by atoms with E-state index in [1.165, 1.54) is 16.0 Å². The van der Waals surface area contributed by atoms with Crippen molar-refractivity contribution in [2.45, 2.75) is 20.1 Å². The first kappa shape index (κ1) is 13.2. The van der Waals surface area contributed by atoms with Crippen molar-refractivity contribution in [3.8, 4) is 10.6 Å². The van der Waals surface area contributed by atoms with Gasteiger partial charge in [0.25, 0.3) is 0 Å². The number of thiazole rings is 1. The van der Waals surface area contributed by atoms with E-state index in [9.17, 15) is 0 Å². The highest BCUT2D eigenvalue weighted by Crippen LogP contribution is 2.25. The molecule has 3 nitrogen and oxygen atoms in total. The van der Waals surface area contributed by atoms with Crippen LogP contribution in [0.25, 0.3) is 10.6 Å². The summed E-state index contributed by atoms with van der Waals surface area (Å²) in [6.07, 6.45) is 1.95. The van der Waals surface area contributed by atoms with Crippen LogP contribution in [-0.4, -0.2) is 18.6 Å². The quantitative estimate of drug-likeness (QED) is 0.868. The summed E-state index contributed by atoms with van der Waals surface area (Å²) in [4.78, 5) is 5.73. The molecule has 0 spiro atoms. The molecule has 0 aliphatic rings. The number of aromatic nitrogens is 1. The molecule has 1 aromatic carbocycles. The highest BCUT2D eigenvalue weighted by molar-refractivity contribution is 7.15. The number of hydrogen-bond acceptors (Lipinski definition) is 4. The summed E-state index contributed by atoms with van der Waals surface area (Å²) in [7, 11) is 1.71. The lowest BCUT2D eigenvalue weighted by molar-refractivity contribution is 0.185. The number of nitrogens with zero attached hydrogens (tertiary/aromatic N) is 1. The summed E-state index contributed by atoms with van der Waals surface area (Å²) in [6.45, 7) is 4.65. The summed E-state index contributed by atoms with van der Waals surface area (Å²) in [6, 6.07) is 8.38. The fourth-order valence-electron chi connectivity index (χ4n) is 1.68. The third-order valence-electron chi connectivity index (χ3n) is 2.61. The second-order valence-electron chi connectivity index (χ2n) is 4.04. The van der Waals surface area contributed by atoms with E-state index in [0.29, 0.717) is 6.61 Å². The normalized spacial score (nSPS) is 10.8. The molecule has 2 rings (SSSR count). The van der Waals surface area contributed by atoms with Crippen molar-refractivity contribution in [3.63, 3.8) is 0 Å². The molecule has 0 aliphatic heterocycles. The zero-order valence-corrected chi connectivity index (χ0v) is 11.6. The number of hydrogen-bond donors (Lipinski definition) is 1. The Bertz CT molecular complexity index is 479. The van der Waals surface area contributed by atoms with Crippen molar-refractivity contribution in [1.29, 1.82) is 0 Å². The van der Waals surface area contributed by atoms with Gasteiger partial charge in [0.15, 0.2) is 0 Å². The van der Waals surface area contributed by atoms with Crippen LogP contribution in [0.5, 0.6) is 0 Å². The van der Waals surface area contributed by atoms with Gasteiger partial charge >= 0.3 is 0 Å². The van der Waals surface area contributed by atoms with E-state index >= 15 is 0 Å². The first-order chi connectivity index (χ1) is 8.83. The zero-order chi connectivity index (χ0) is 12.8. The van der Waals surface area contributed by atoms with E-state index in [4.69, 9.17) is 4.74 Å². The maximum atomic E-state index is 5.10. The number of methoxy groups -OCH3 is 1. The van der Waals surface area contributed by atoms with Gasteiger partial charge in [0.2, 0.25) is 0 Å². The fourth-order valence-corrected chi connectivity index (χ4v) is 2.57. The summed E-state index contributed by atoms with van der Waals surface area (Å²) in [5.74, 6) is 0. The maximum Gasteiger partial charge on any atom is 0.123 e. The Balaban J connectivity index is 2.08. The standard InChI is InChI=1S/C14H18N2OS/c1-3-15-8-13-9-16-14(18-13)12-6-4-11(5-7-12)10-17-2/h4-7,9,15H,3,8,10H2,1-2H3. The van der Waals surface area contributed by atoms with Crippen LogP contribution in [0.3, 0.4) is 0 Å². The molecule has 0 atom stereocenters. The van der Waals surface area contributed by atoms with Gasteiger partial charge in [-0.3, -0.25) is 0 Å². The first-order valence-electron chi connectivity index (χ1n) is 6.07. The second-order valence-corrected chi connectivity index (χ2v) is 5.16. The number of benzene rings is 1. The molecule has 0 unspecified atom stereocenters. The number of nitrogens with one attached hydrogen (secondary N) is 1. The molecule has 0 amide bonds. The van der Waals surface area contributed by atoms with Gasteiger partial charge in [0.1, 0.15) is 5.01 Å². The molecule has 1 N–H and O–H groups in total. The summed E-state index contributed by atoms with van der Waals surface area (Å²) >= 11 is 1.74. The molecule has 0 aliphatic carbocycles. The van der Waals surface area contributed by atoms with Crippen LogP contribution in [0.2, 0.25) is 0 Å². The molecule has 0 fully saturated rings. The molecule has 4 heteroatoms. The van der Waals surface area contributed by atoms with Crippen LogP contribution in [0.4, 0.5) is 0 Å². The molecule has 1 heterocycles. The van der Waals surface area contributed by atoms with Gasteiger partial charge in [-0.25, -0.2) is 4.98 Å². The first-order valence-corrected chi connectivity index (χ1v) is 6.88. The van der Waals surface area contributed by atoms with Gasteiger partial charge in [-0.15, -0.1) is 11.3 Å². The Morgan fingerprint density at radius 1 is 1.28 bits per heavy atom. The lowest BCUT2D eigenvalue weighted by atomic mass is 10.1. The van der Waals surface area contributed by atoms with Crippen molar-refractivity contribution in [3.05, 3.63) is 40.9 Å². The second kappa shape index (κ2) is 6.64. The van der Waals surface area contributed by atoms with Crippen LogP contribution in [-0.2, 0) is 17.9 Å². The maximum absolute atomic E-state index is 5.10. The Hall–Kier alpha value is -1.23. The van der Waals surface area contributed by atoms with Crippen LogP contribution >= 0.6 is 11.3 Å². The Kier molecular flexibility index (Phi) is 4.87. The molecular weight excluding hydrogens is 244 g/mol. The minimum atomic E-state index is 0.657. The highest BCUT2D eigenvalue weighted by atomic mass is 32.1. The predicted molar refractivity (Wildman–Crippen MR) is 75.6 cm³/mol. The third-order valence-corrected chi connectivity index (χ3v) is 3.66. The van der Waals surface area contributed by atoms with E-state index in [-0.39, 0.29) is 0 Å². The third kappa shape index (κ3) is 3.38. The van der Waals surface area contributed by atoms with Crippen molar-refractivity contribution < 1.29 is 4.74 Å². The van der Waals surface area contributed by atoms with Crippen molar-refractivity contribution in [2.24, 2.45) is 0 Å². The minimum Gasteiger partial charge on any atom is -0.380 e. The van der Waals surface area contributed by atoms with Gasteiger partial charge < -0.3 is 10.1 Å². The Morgan fingerprint density at radius 3 is 2.72 bits per heavy atom. The lowest BCUT2D eigenvalue weighted by Crippen LogP contribution is -2.10. The van der Waals surface area contributed by atoms with Gasteiger partial charge in [-0.05, 0) is 12.1 Å². The molecule has 0 saturated carbocycles. The zero-order valence-electron chi connectivity index (χ0n) is 10.8. The highest BCUT2D eigenvalue weighted by Gasteiger charge is 2.04. The average Bonchev–Trinajstić information content (AvgIpc) is 2.86. The SMILES string of the molecule is CCNCc1cnc(-c2ccc(COC)cc2)s1. The van der Waals surface area contributed by atoms with Gasteiger partial charge in [0.05, 0.1) is 6.61 Å². The molecule has 2 aromatic rings. The molecule has 18 heavy (non-hydrogen) atoms. The number of rotatable bonds is 6. The Morgan fingerprint density at radius 2 is 2.06 bits per heavy atom. The smallest absolute Gasteiger partial charge is 0.123 e. The average molecular weight is 262 g/mol. The van der Waals surface area contributed by atoms with Crippen LogP contribution in [0.15, 0.2) is 30.5 Å². The van der Waals surface area contributed by atoms with E-state index in [0.717, 1.165) is 18.1 Å². The van der Waals surface area contributed by atoms with Crippen LogP contribution in [0, 0.1) is 0 Å².